The number of nitro groups is 1. The molecular formula is C15H23N3O2. The average molecular weight is 277 g/mol. The third-order valence-corrected chi connectivity index (χ3v) is 4.26. The van der Waals surface area contributed by atoms with Crippen LogP contribution in [0.1, 0.15) is 39.0 Å². The molecule has 1 saturated carbocycles. The zero-order valence-corrected chi connectivity index (χ0v) is 12.2. The summed E-state index contributed by atoms with van der Waals surface area (Å²) in [6, 6.07) is 5.74. The van der Waals surface area contributed by atoms with Crippen molar-refractivity contribution in [3.8, 4) is 0 Å². The molecule has 2 N–H and O–H groups in total. The van der Waals surface area contributed by atoms with Crippen molar-refractivity contribution in [1.82, 2.24) is 0 Å². The van der Waals surface area contributed by atoms with E-state index >= 15 is 0 Å². The van der Waals surface area contributed by atoms with Crippen LogP contribution in [0.5, 0.6) is 0 Å². The molecule has 0 aromatic heterocycles. The van der Waals surface area contributed by atoms with E-state index < -0.39 is 0 Å². The first kappa shape index (κ1) is 14.6. The summed E-state index contributed by atoms with van der Waals surface area (Å²) in [7, 11) is 1.71. The Kier molecular flexibility index (Phi) is 4.82. The molecule has 0 spiro atoms. The molecule has 1 aromatic rings. The first-order chi connectivity index (χ1) is 9.67. The zero-order chi connectivity index (χ0) is 14.5. The van der Waals surface area contributed by atoms with Gasteiger partial charge in [-0.15, -0.1) is 0 Å². The van der Waals surface area contributed by atoms with Gasteiger partial charge in [-0.1, -0.05) is 32.3 Å². The molecule has 0 aliphatic heterocycles. The van der Waals surface area contributed by atoms with Crippen LogP contribution in [0.25, 0.3) is 0 Å². The number of hydrogen-bond donors (Lipinski definition) is 2. The number of rotatable bonds is 5. The second-order valence-corrected chi connectivity index (χ2v) is 5.41. The van der Waals surface area contributed by atoms with Gasteiger partial charge in [0.05, 0.1) is 4.92 Å². The predicted octanol–water partition coefficient (Wildman–Crippen LogP) is 4.02. The second-order valence-electron chi connectivity index (χ2n) is 5.41. The number of nitro benzene ring substituents is 1. The standard InChI is InChI=1S/C15H23N3O2/c1-3-11-7-4-5-8-12(11)17-14-10-6-9-13(16-2)15(14)18(19)20/h6,9-12,16-17H,3-5,7-8H2,1-2H3. The summed E-state index contributed by atoms with van der Waals surface area (Å²) in [6.45, 7) is 2.20. The largest absolute Gasteiger partial charge is 0.382 e. The van der Waals surface area contributed by atoms with Crippen LogP contribution in [0.4, 0.5) is 17.1 Å². The Labute approximate surface area is 119 Å². The lowest BCUT2D eigenvalue weighted by Gasteiger charge is -2.32. The molecule has 20 heavy (non-hydrogen) atoms. The highest BCUT2D eigenvalue weighted by Crippen LogP contribution is 2.36. The van der Waals surface area contributed by atoms with Crippen molar-refractivity contribution in [3.05, 3.63) is 28.3 Å². The third-order valence-electron chi connectivity index (χ3n) is 4.26. The quantitative estimate of drug-likeness (QED) is 0.630. The van der Waals surface area contributed by atoms with Crippen molar-refractivity contribution < 1.29 is 4.92 Å². The predicted molar refractivity (Wildman–Crippen MR) is 82.3 cm³/mol. The number of para-hydroxylation sites is 1. The third kappa shape index (κ3) is 3.03. The molecule has 1 aliphatic rings. The molecule has 0 amide bonds. The highest BCUT2D eigenvalue weighted by atomic mass is 16.6. The van der Waals surface area contributed by atoms with E-state index in [0.717, 1.165) is 12.8 Å². The molecule has 1 aliphatic carbocycles. The van der Waals surface area contributed by atoms with Gasteiger partial charge in [-0.05, 0) is 30.9 Å². The molecule has 0 heterocycles. The van der Waals surface area contributed by atoms with Crippen LogP contribution in [-0.2, 0) is 0 Å². The van der Waals surface area contributed by atoms with E-state index in [1.165, 1.54) is 19.3 Å². The van der Waals surface area contributed by atoms with Crippen molar-refractivity contribution in [2.24, 2.45) is 5.92 Å². The maximum Gasteiger partial charge on any atom is 0.315 e. The summed E-state index contributed by atoms with van der Waals surface area (Å²) in [5.41, 5.74) is 1.34. The molecule has 110 valence electrons. The molecule has 2 atom stereocenters. The van der Waals surface area contributed by atoms with Gasteiger partial charge in [-0.3, -0.25) is 10.1 Å². The average Bonchev–Trinajstić information content (AvgIpc) is 2.47. The lowest BCUT2D eigenvalue weighted by Crippen LogP contribution is -2.32. The Hall–Kier alpha value is -1.78. The van der Waals surface area contributed by atoms with Gasteiger partial charge < -0.3 is 10.6 Å². The summed E-state index contributed by atoms with van der Waals surface area (Å²) >= 11 is 0. The van der Waals surface area contributed by atoms with E-state index in [2.05, 4.69) is 17.6 Å². The van der Waals surface area contributed by atoms with Gasteiger partial charge in [0.2, 0.25) is 0 Å². The van der Waals surface area contributed by atoms with E-state index in [9.17, 15) is 10.1 Å². The van der Waals surface area contributed by atoms with E-state index in [1.54, 1.807) is 19.2 Å². The Bertz CT molecular complexity index is 476. The minimum atomic E-state index is -0.308. The molecule has 5 heteroatoms. The second kappa shape index (κ2) is 6.59. The first-order valence-corrected chi connectivity index (χ1v) is 7.39. The number of nitrogens with zero attached hydrogens (tertiary/aromatic N) is 1. The molecular weight excluding hydrogens is 254 g/mol. The van der Waals surface area contributed by atoms with Crippen LogP contribution < -0.4 is 10.6 Å². The summed E-state index contributed by atoms with van der Waals surface area (Å²) in [6.07, 6.45) is 5.91. The molecule has 0 bridgehead atoms. The summed E-state index contributed by atoms with van der Waals surface area (Å²) in [5.74, 6) is 0.613. The number of nitrogens with one attached hydrogen (secondary N) is 2. The van der Waals surface area contributed by atoms with Gasteiger partial charge in [-0.25, -0.2) is 0 Å². The Morgan fingerprint density at radius 2 is 2.00 bits per heavy atom. The molecule has 2 unspecified atom stereocenters. The van der Waals surface area contributed by atoms with Crippen molar-refractivity contribution >= 4 is 17.1 Å². The Morgan fingerprint density at radius 1 is 1.30 bits per heavy atom. The first-order valence-electron chi connectivity index (χ1n) is 7.39. The summed E-state index contributed by atoms with van der Waals surface area (Å²) in [4.78, 5) is 11.0. The molecule has 1 aromatic carbocycles. The fourth-order valence-corrected chi connectivity index (χ4v) is 3.14. The van der Waals surface area contributed by atoms with E-state index in [4.69, 9.17) is 0 Å². The smallest absolute Gasteiger partial charge is 0.315 e. The summed E-state index contributed by atoms with van der Waals surface area (Å²) in [5, 5.41) is 17.6. The topological polar surface area (TPSA) is 67.2 Å². The minimum absolute atomic E-state index is 0.149. The molecule has 1 fully saturated rings. The van der Waals surface area contributed by atoms with Crippen LogP contribution in [0, 0.1) is 16.0 Å². The van der Waals surface area contributed by atoms with Gasteiger partial charge in [0.1, 0.15) is 11.4 Å². The monoisotopic (exact) mass is 277 g/mol. The number of hydrogen-bond acceptors (Lipinski definition) is 4. The van der Waals surface area contributed by atoms with Crippen LogP contribution >= 0.6 is 0 Å². The van der Waals surface area contributed by atoms with Crippen molar-refractivity contribution in [2.45, 2.75) is 45.1 Å². The van der Waals surface area contributed by atoms with Crippen molar-refractivity contribution in [2.75, 3.05) is 17.7 Å². The number of benzene rings is 1. The maximum atomic E-state index is 11.3. The summed E-state index contributed by atoms with van der Waals surface area (Å²) < 4.78 is 0. The van der Waals surface area contributed by atoms with Crippen LogP contribution in [0.15, 0.2) is 18.2 Å². The highest BCUT2D eigenvalue weighted by Gasteiger charge is 2.27. The van der Waals surface area contributed by atoms with Crippen molar-refractivity contribution in [3.63, 3.8) is 0 Å². The molecule has 0 radical (unpaired) electrons. The lowest BCUT2D eigenvalue weighted by molar-refractivity contribution is -0.383. The lowest BCUT2D eigenvalue weighted by atomic mass is 9.82. The van der Waals surface area contributed by atoms with Crippen LogP contribution in [0.3, 0.4) is 0 Å². The molecule has 2 rings (SSSR count). The van der Waals surface area contributed by atoms with Gasteiger partial charge >= 0.3 is 5.69 Å². The normalized spacial score (nSPS) is 22.3. The van der Waals surface area contributed by atoms with Gasteiger partial charge in [-0.2, -0.15) is 0 Å². The SMILES string of the molecule is CCC1CCCCC1Nc1cccc(NC)c1[N+](=O)[O-]. The Balaban J connectivity index is 2.26. The number of anilines is 2. The maximum absolute atomic E-state index is 11.3. The van der Waals surface area contributed by atoms with Crippen molar-refractivity contribution in [1.29, 1.82) is 0 Å². The van der Waals surface area contributed by atoms with Crippen LogP contribution in [-0.4, -0.2) is 18.0 Å². The molecule has 5 nitrogen and oxygen atoms in total. The van der Waals surface area contributed by atoms with Gasteiger partial charge in [0, 0.05) is 13.1 Å². The Morgan fingerprint density at radius 3 is 2.65 bits per heavy atom. The zero-order valence-electron chi connectivity index (χ0n) is 12.2. The van der Waals surface area contributed by atoms with E-state index in [-0.39, 0.29) is 10.6 Å². The van der Waals surface area contributed by atoms with Gasteiger partial charge in [0.15, 0.2) is 0 Å². The fraction of sp³-hybridized carbons (Fsp3) is 0.600. The van der Waals surface area contributed by atoms with E-state index in [0.29, 0.717) is 23.3 Å². The van der Waals surface area contributed by atoms with Gasteiger partial charge in [0.25, 0.3) is 0 Å². The fourth-order valence-electron chi connectivity index (χ4n) is 3.14. The molecule has 0 saturated heterocycles. The highest BCUT2D eigenvalue weighted by molar-refractivity contribution is 5.76. The minimum Gasteiger partial charge on any atom is -0.382 e. The van der Waals surface area contributed by atoms with Crippen LogP contribution in [0.2, 0.25) is 0 Å². The van der Waals surface area contributed by atoms with E-state index in [1.807, 2.05) is 6.07 Å².